The van der Waals surface area contributed by atoms with Crippen molar-refractivity contribution in [1.82, 2.24) is 8.97 Å². The summed E-state index contributed by atoms with van der Waals surface area (Å²) < 4.78 is 9.83. The Morgan fingerprint density at radius 1 is 0.973 bits per heavy atom. The molecular weight excluding hydrogens is 482 g/mol. The third kappa shape index (κ3) is 4.19. The Balaban J connectivity index is 1.59. The molecule has 0 atom stereocenters. The number of rotatable bonds is 5. The molecule has 1 N–H and O–H groups in total. The third-order valence-electron chi connectivity index (χ3n) is 7.16. The average molecular weight is 510 g/mol. The second-order valence-electron chi connectivity index (χ2n) is 9.58. The molecule has 0 saturated heterocycles. The number of nitrogens with one attached hydrogen (secondary N) is 1. The van der Waals surface area contributed by atoms with Crippen molar-refractivity contribution in [1.29, 1.82) is 0 Å². The number of nitrogens with zero attached hydrogens (tertiary/aromatic N) is 2. The van der Waals surface area contributed by atoms with E-state index in [-0.39, 0.29) is 5.91 Å². The smallest absolute Gasteiger partial charge is 0.273 e. The molecule has 0 saturated carbocycles. The van der Waals surface area contributed by atoms with E-state index in [4.69, 9.17) is 16.3 Å². The van der Waals surface area contributed by atoms with Gasteiger partial charge in [-0.1, -0.05) is 59.6 Å². The monoisotopic (exact) mass is 509 g/mol. The van der Waals surface area contributed by atoms with E-state index in [0.29, 0.717) is 22.2 Å². The van der Waals surface area contributed by atoms with Crippen molar-refractivity contribution >= 4 is 28.8 Å². The van der Waals surface area contributed by atoms with Gasteiger partial charge < -0.3 is 14.6 Å². The summed E-state index contributed by atoms with van der Waals surface area (Å²) in [5.74, 6) is 0.550. The number of halogens is 1. The number of methoxy groups -OCH3 is 1. The minimum Gasteiger partial charge on any atom is -0.497 e. The lowest BCUT2D eigenvalue weighted by Crippen LogP contribution is -2.15. The normalized spacial score (nSPS) is 12.9. The van der Waals surface area contributed by atoms with Gasteiger partial charge in [-0.15, -0.1) is 0 Å². The van der Waals surface area contributed by atoms with E-state index in [1.54, 1.807) is 7.11 Å². The first kappa shape index (κ1) is 23.4. The van der Waals surface area contributed by atoms with Gasteiger partial charge in [-0.2, -0.15) is 0 Å². The Bertz CT molecular complexity index is 1610. The summed E-state index contributed by atoms with van der Waals surface area (Å²) in [6.07, 6.45) is 5.17. The van der Waals surface area contributed by atoms with E-state index in [1.165, 1.54) is 11.1 Å². The van der Waals surface area contributed by atoms with E-state index in [1.807, 2.05) is 48.5 Å². The van der Waals surface area contributed by atoms with Crippen molar-refractivity contribution in [2.75, 3.05) is 12.4 Å². The first-order valence-corrected chi connectivity index (χ1v) is 13.0. The van der Waals surface area contributed by atoms with Gasteiger partial charge in [0.2, 0.25) is 0 Å². The molecule has 1 amide bonds. The molecular formula is C31H28ClN3O2. The van der Waals surface area contributed by atoms with Crippen LogP contribution < -0.4 is 10.1 Å². The zero-order chi connectivity index (χ0) is 25.5. The molecule has 5 aromatic rings. The first-order chi connectivity index (χ1) is 18.0. The average Bonchev–Trinajstić information content (AvgIpc) is 3.32. The van der Waals surface area contributed by atoms with Gasteiger partial charge >= 0.3 is 0 Å². The fourth-order valence-electron chi connectivity index (χ4n) is 5.38. The van der Waals surface area contributed by atoms with Crippen LogP contribution in [0.15, 0.2) is 79.0 Å². The van der Waals surface area contributed by atoms with Gasteiger partial charge in [0, 0.05) is 40.6 Å². The maximum absolute atomic E-state index is 14.0. The van der Waals surface area contributed by atoms with Gasteiger partial charge in [0.05, 0.1) is 12.8 Å². The third-order valence-corrected chi connectivity index (χ3v) is 7.41. The lowest BCUT2D eigenvalue weighted by Gasteiger charge is -2.11. The van der Waals surface area contributed by atoms with E-state index >= 15 is 0 Å². The Labute approximate surface area is 221 Å². The zero-order valence-electron chi connectivity index (χ0n) is 20.9. The Kier molecular flexibility index (Phi) is 6.01. The van der Waals surface area contributed by atoms with Crippen LogP contribution in [0.1, 0.15) is 34.5 Å². The maximum atomic E-state index is 14.0. The molecule has 1 aliphatic rings. The number of hydrogen-bond acceptors (Lipinski definition) is 2. The number of carbonyl (C=O) groups excluding carboxylic acids is 1. The number of aryl methyl sites for hydroxylation is 3. The standard InChI is InChI=1S/C31H28ClN3O2/c1-20-9-11-22(12-10-20)28-26-8-3-4-17-34-27(21-13-15-23(32)16-14-21)19-35(31(26)34)29(28)30(36)33-24-6-5-7-25(18-24)37-2/h5-7,9-16,18-19H,3-4,8,17H2,1-2H3,(H,33,36). The van der Waals surface area contributed by atoms with Crippen LogP contribution in [0.25, 0.3) is 28.0 Å². The fourth-order valence-corrected chi connectivity index (χ4v) is 5.51. The summed E-state index contributed by atoms with van der Waals surface area (Å²) in [5.41, 5.74) is 9.07. The van der Waals surface area contributed by atoms with E-state index in [2.05, 4.69) is 51.7 Å². The minimum absolute atomic E-state index is 0.148. The maximum Gasteiger partial charge on any atom is 0.273 e. The molecule has 0 radical (unpaired) electrons. The number of aromatic nitrogens is 2. The van der Waals surface area contributed by atoms with Gasteiger partial charge in [-0.25, -0.2) is 0 Å². The highest BCUT2D eigenvalue weighted by Gasteiger charge is 2.29. The summed E-state index contributed by atoms with van der Waals surface area (Å²) in [6, 6.07) is 23.8. The predicted octanol–water partition coefficient (Wildman–Crippen LogP) is 7.63. The number of benzene rings is 3. The number of carbonyl (C=O) groups is 1. The highest BCUT2D eigenvalue weighted by Crippen LogP contribution is 2.40. The molecule has 1 aliphatic heterocycles. The molecule has 6 rings (SSSR count). The lowest BCUT2D eigenvalue weighted by atomic mass is 9.97. The fraction of sp³-hybridized carbons (Fsp3) is 0.194. The largest absolute Gasteiger partial charge is 0.497 e. The lowest BCUT2D eigenvalue weighted by molar-refractivity contribution is 0.102. The minimum atomic E-state index is -0.148. The Morgan fingerprint density at radius 3 is 2.49 bits per heavy atom. The molecule has 3 aromatic carbocycles. The van der Waals surface area contributed by atoms with Crippen LogP contribution >= 0.6 is 11.6 Å². The quantitative estimate of drug-likeness (QED) is 0.264. The highest BCUT2D eigenvalue weighted by atomic mass is 35.5. The second kappa shape index (κ2) is 9.49. The van der Waals surface area contributed by atoms with Gasteiger partial charge in [0.25, 0.3) is 5.91 Å². The van der Waals surface area contributed by atoms with Crippen molar-refractivity contribution in [3.8, 4) is 28.1 Å². The molecule has 0 unspecified atom stereocenters. The van der Waals surface area contributed by atoms with Crippen molar-refractivity contribution < 1.29 is 9.53 Å². The Hall–Kier alpha value is -3.96. The first-order valence-electron chi connectivity index (χ1n) is 12.6. The molecule has 0 spiro atoms. The van der Waals surface area contributed by atoms with E-state index in [0.717, 1.165) is 53.8 Å². The number of imidazole rings is 1. The molecule has 186 valence electrons. The molecule has 2 aromatic heterocycles. The summed E-state index contributed by atoms with van der Waals surface area (Å²) >= 11 is 6.18. The topological polar surface area (TPSA) is 47.7 Å². The van der Waals surface area contributed by atoms with Crippen LogP contribution in [0.2, 0.25) is 5.02 Å². The van der Waals surface area contributed by atoms with Crippen LogP contribution in [-0.2, 0) is 13.0 Å². The zero-order valence-corrected chi connectivity index (χ0v) is 21.7. The molecule has 6 heteroatoms. The summed E-state index contributed by atoms with van der Waals surface area (Å²) in [5, 5.41) is 3.84. The van der Waals surface area contributed by atoms with Crippen molar-refractivity contribution in [2.45, 2.75) is 32.7 Å². The predicted molar refractivity (Wildman–Crippen MR) is 150 cm³/mol. The SMILES string of the molecule is COc1cccc(NC(=O)c2c(-c3ccc(C)cc3)c3c4n(c(-c5ccc(Cl)cc5)cn24)CCCC3)c1. The molecule has 37 heavy (non-hydrogen) atoms. The molecule has 0 fully saturated rings. The summed E-state index contributed by atoms with van der Waals surface area (Å²) in [7, 11) is 1.62. The van der Waals surface area contributed by atoms with E-state index < -0.39 is 0 Å². The molecule has 0 aliphatic carbocycles. The van der Waals surface area contributed by atoms with Crippen molar-refractivity contribution in [2.24, 2.45) is 0 Å². The highest BCUT2D eigenvalue weighted by molar-refractivity contribution is 6.30. The van der Waals surface area contributed by atoms with Crippen LogP contribution in [0.5, 0.6) is 5.75 Å². The number of anilines is 1. The Morgan fingerprint density at radius 2 is 1.73 bits per heavy atom. The van der Waals surface area contributed by atoms with Gasteiger partial charge in [-0.05, 0) is 61.6 Å². The second-order valence-corrected chi connectivity index (χ2v) is 10.0. The number of ether oxygens (including phenoxy) is 1. The van der Waals surface area contributed by atoms with Crippen LogP contribution in [-0.4, -0.2) is 22.0 Å². The van der Waals surface area contributed by atoms with Gasteiger partial charge in [-0.3, -0.25) is 9.20 Å². The van der Waals surface area contributed by atoms with Crippen molar-refractivity contribution in [3.63, 3.8) is 0 Å². The molecule has 0 bridgehead atoms. The van der Waals surface area contributed by atoms with Gasteiger partial charge in [0.15, 0.2) is 0 Å². The number of amides is 1. The molecule has 3 heterocycles. The summed E-state index contributed by atoms with van der Waals surface area (Å²) in [6.45, 7) is 2.98. The number of hydrogen-bond donors (Lipinski definition) is 1. The summed E-state index contributed by atoms with van der Waals surface area (Å²) in [4.78, 5) is 14.0. The van der Waals surface area contributed by atoms with Crippen molar-refractivity contribution in [3.05, 3.63) is 101 Å². The van der Waals surface area contributed by atoms with Crippen LogP contribution in [0.4, 0.5) is 5.69 Å². The van der Waals surface area contributed by atoms with Crippen LogP contribution in [0, 0.1) is 6.92 Å². The van der Waals surface area contributed by atoms with Gasteiger partial charge in [0.1, 0.15) is 17.1 Å². The van der Waals surface area contributed by atoms with E-state index in [9.17, 15) is 4.79 Å². The molecule has 5 nitrogen and oxygen atoms in total. The van der Waals surface area contributed by atoms with Crippen LogP contribution in [0.3, 0.4) is 0 Å².